The zero-order valence-corrected chi connectivity index (χ0v) is 15.0. The minimum absolute atomic E-state index is 0.0657. The molecule has 2 aromatic carbocycles. The molecule has 0 bridgehead atoms. The van der Waals surface area contributed by atoms with Gasteiger partial charge in [0.1, 0.15) is 5.25 Å². The largest absolute Gasteiger partial charge is 0.326 e. The molecule has 0 aliphatic carbocycles. The molecule has 2 aromatic rings. The standard InChI is InChI=1S/C18H16ClN3O2S/c1-11-7-8-12(19)9-14(11)21-16(23)10-15-17(24)22-18(25-15)20-13-5-3-2-4-6-13/h2-9,15H,10H2,1H3,(H,21,23)(H,20,22,24). The molecule has 1 saturated heterocycles. The summed E-state index contributed by atoms with van der Waals surface area (Å²) in [6, 6.07) is 14.6. The summed E-state index contributed by atoms with van der Waals surface area (Å²) in [6.45, 7) is 1.88. The molecule has 0 aromatic heterocycles. The number of aryl methyl sites for hydroxylation is 1. The van der Waals surface area contributed by atoms with Crippen molar-refractivity contribution in [1.29, 1.82) is 0 Å². The van der Waals surface area contributed by atoms with Gasteiger partial charge >= 0.3 is 0 Å². The third kappa shape index (κ3) is 4.61. The highest BCUT2D eigenvalue weighted by Crippen LogP contribution is 2.26. The Kier molecular flexibility index (Phi) is 5.40. The van der Waals surface area contributed by atoms with Crippen molar-refractivity contribution >= 4 is 51.7 Å². The van der Waals surface area contributed by atoms with Crippen LogP contribution in [0.25, 0.3) is 0 Å². The molecule has 1 heterocycles. The number of nitrogens with one attached hydrogen (secondary N) is 2. The van der Waals surface area contributed by atoms with E-state index in [1.165, 1.54) is 11.8 Å². The van der Waals surface area contributed by atoms with Crippen molar-refractivity contribution in [3.8, 4) is 0 Å². The zero-order chi connectivity index (χ0) is 17.8. The number of thioether (sulfide) groups is 1. The second kappa shape index (κ2) is 7.72. The number of hydrogen-bond acceptors (Lipinski definition) is 4. The molecular formula is C18H16ClN3O2S. The lowest BCUT2D eigenvalue weighted by atomic mass is 10.2. The third-order valence-electron chi connectivity index (χ3n) is 3.61. The predicted molar refractivity (Wildman–Crippen MR) is 102 cm³/mol. The molecular weight excluding hydrogens is 358 g/mol. The van der Waals surface area contributed by atoms with E-state index < -0.39 is 5.25 Å². The fraction of sp³-hybridized carbons (Fsp3) is 0.167. The molecule has 1 aliphatic rings. The van der Waals surface area contributed by atoms with E-state index in [1.807, 2.05) is 43.3 Å². The first-order valence-corrected chi connectivity index (χ1v) is 8.94. The lowest BCUT2D eigenvalue weighted by molar-refractivity contribution is -0.122. The minimum atomic E-state index is -0.498. The van der Waals surface area contributed by atoms with Gasteiger partial charge in [0, 0.05) is 17.1 Å². The lowest BCUT2D eigenvalue weighted by Crippen LogP contribution is -2.28. The number of para-hydroxylation sites is 1. The van der Waals surface area contributed by atoms with Gasteiger partial charge in [-0.3, -0.25) is 9.59 Å². The Hall–Kier alpha value is -2.31. The number of halogens is 1. The second-order valence-corrected chi connectivity index (χ2v) is 7.19. The maximum absolute atomic E-state index is 12.3. The van der Waals surface area contributed by atoms with Crippen LogP contribution in [0.15, 0.2) is 53.5 Å². The summed E-state index contributed by atoms with van der Waals surface area (Å²) in [6.07, 6.45) is 0.0657. The predicted octanol–water partition coefficient (Wildman–Crippen LogP) is 3.90. The number of hydrogen-bond donors (Lipinski definition) is 2. The van der Waals surface area contributed by atoms with Crippen LogP contribution < -0.4 is 10.6 Å². The first kappa shape index (κ1) is 17.5. The molecule has 0 spiro atoms. The number of aliphatic imine (C=N–C) groups is 1. The number of anilines is 1. The second-order valence-electron chi connectivity index (χ2n) is 5.56. The number of benzene rings is 2. The molecule has 25 heavy (non-hydrogen) atoms. The molecule has 1 aliphatic heterocycles. The number of carbonyl (C=O) groups is 2. The summed E-state index contributed by atoms with van der Waals surface area (Å²) in [5.74, 6) is -0.448. The molecule has 5 nitrogen and oxygen atoms in total. The zero-order valence-electron chi connectivity index (χ0n) is 13.5. The van der Waals surface area contributed by atoms with Crippen molar-refractivity contribution in [2.75, 3.05) is 5.32 Å². The highest BCUT2D eigenvalue weighted by atomic mass is 35.5. The van der Waals surface area contributed by atoms with Crippen LogP contribution in [0.1, 0.15) is 12.0 Å². The summed E-state index contributed by atoms with van der Waals surface area (Å²) in [5.41, 5.74) is 2.32. The van der Waals surface area contributed by atoms with Crippen molar-refractivity contribution in [2.45, 2.75) is 18.6 Å². The minimum Gasteiger partial charge on any atom is -0.326 e. The monoisotopic (exact) mass is 373 g/mol. The van der Waals surface area contributed by atoms with E-state index in [4.69, 9.17) is 11.6 Å². The van der Waals surface area contributed by atoms with Gasteiger partial charge in [-0.25, -0.2) is 4.99 Å². The summed E-state index contributed by atoms with van der Waals surface area (Å²) in [5, 5.41) is 6.08. The Balaban J connectivity index is 1.63. The Morgan fingerprint density at radius 3 is 2.80 bits per heavy atom. The van der Waals surface area contributed by atoms with Crippen LogP contribution in [-0.2, 0) is 9.59 Å². The van der Waals surface area contributed by atoms with Crippen molar-refractivity contribution in [1.82, 2.24) is 5.32 Å². The third-order valence-corrected chi connectivity index (χ3v) is 4.92. The Morgan fingerprint density at radius 1 is 1.28 bits per heavy atom. The van der Waals surface area contributed by atoms with E-state index in [2.05, 4.69) is 15.6 Å². The van der Waals surface area contributed by atoms with E-state index in [1.54, 1.807) is 12.1 Å². The lowest BCUT2D eigenvalue weighted by Gasteiger charge is -2.10. The van der Waals surface area contributed by atoms with Crippen LogP contribution in [0.2, 0.25) is 5.02 Å². The van der Waals surface area contributed by atoms with Gasteiger partial charge in [0.15, 0.2) is 5.17 Å². The van der Waals surface area contributed by atoms with Crippen LogP contribution in [0, 0.1) is 6.92 Å². The summed E-state index contributed by atoms with van der Waals surface area (Å²) < 4.78 is 0. The molecule has 1 atom stereocenters. The molecule has 1 unspecified atom stereocenters. The number of rotatable bonds is 4. The fourth-order valence-electron chi connectivity index (χ4n) is 2.31. The normalized spacial score (nSPS) is 18.2. The van der Waals surface area contributed by atoms with Crippen LogP contribution in [-0.4, -0.2) is 22.2 Å². The van der Waals surface area contributed by atoms with E-state index in [9.17, 15) is 9.59 Å². The van der Waals surface area contributed by atoms with Gasteiger partial charge in [-0.1, -0.05) is 47.6 Å². The van der Waals surface area contributed by atoms with Gasteiger partial charge in [-0.2, -0.15) is 0 Å². The first-order chi connectivity index (χ1) is 12.0. The van der Waals surface area contributed by atoms with Gasteiger partial charge in [-0.15, -0.1) is 0 Å². The molecule has 3 rings (SSSR count). The van der Waals surface area contributed by atoms with Crippen LogP contribution in [0.3, 0.4) is 0 Å². The van der Waals surface area contributed by atoms with Crippen LogP contribution >= 0.6 is 23.4 Å². The average molecular weight is 374 g/mol. The summed E-state index contributed by atoms with van der Waals surface area (Å²) in [7, 11) is 0. The smallest absolute Gasteiger partial charge is 0.240 e. The molecule has 2 N–H and O–H groups in total. The Labute approximate surface area is 154 Å². The van der Waals surface area contributed by atoms with E-state index >= 15 is 0 Å². The van der Waals surface area contributed by atoms with E-state index in [-0.39, 0.29) is 18.2 Å². The molecule has 2 amide bonds. The van der Waals surface area contributed by atoms with Gasteiger partial charge < -0.3 is 10.6 Å². The van der Waals surface area contributed by atoms with Crippen LogP contribution in [0.5, 0.6) is 0 Å². The van der Waals surface area contributed by atoms with Gasteiger partial charge in [0.2, 0.25) is 11.8 Å². The quantitative estimate of drug-likeness (QED) is 0.853. The Morgan fingerprint density at radius 2 is 2.04 bits per heavy atom. The number of amides is 2. The highest BCUT2D eigenvalue weighted by Gasteiger charge is 2.32. The fourth-order valence-corrected chi connectivity index (χ4v) is 3.47. The number of carbonyl (C=O) groups excluding carboxylic acids is 2. The topological polar surface area (TPSA) is 70.6 Å². The highest BCUT2D eigenvalue weighted by molar-refractivity contribution is 8.15. The van der Waals surface area contributed by atoms with Crippen molar-refractivity contribution < 1.29 is 9.59 Å². The van der Waals surface area contributed by atoms with Crippen molar-refractivity contribution in [3.63, 3.8) is 0 Å². The summed E-state index contributed by atoms with van der Waals surface area (Å²) in [4.78, 5) is 28.7. The summed E-state index contributed by atoms with van der Waals surface area (Å²) >= 11 is 7.22. The van der Waals surface area contributed by atoms with E-state index in [0.717, 1.165) is 11.3 Å². The molecule has 0 saturated carbocycles. The van der Waals surface area contributed by atoms with Gasteiger partial charge in [0.05, 0.1) is 5.69 Å². The first-order valence-electron chi connectivity index (χ1n) is 7.68. The average Bonchev–Trinajstić information content (AvgIpc) is 2.91. The van der Waals surface area contributed by atoms with Crippen LogP contribution in [0.4, 0.5) is 11.4 Å². The van der Waals surface area contributed by atoms with Gasteiger partial charge in [0.25, 0.3) is 0 Å². The molecule has 0 radical (unpaired) electrons. The number of amidine groups is 1. The SMILES string of the molecule is Cc1ccc(Cl)cc1NC(=O)CC1SC(=Nc2ccccc2)NC1=O. The van der Waals surface area contributed by atoms with Crippen molar-refractivity contribution in [3.05, 3.63) is 59.1 Å². The Bertz CT molecular complexity index is 839. The molecule has 7 heteroatoms. The maximum atomic E-state index is 12.3. The van der Waals surface area contributed by atoms with Gasteiger partial charge in [-0.05, 0) is 36.8 Å². The van der Waals surface area contributed by atoms with E-state index in [0.29, 0.717) is 15.9 Å². The molecule has 128 valence electrons. The van der Waals surface area contributed by atoms with Crippen molar-refractivity contribution in [2.24, 2.45) is 4.99 Å². The molecule has 1 fully saturated rings. The number of nitrogens with zero attached hydrogens (tertiary/aromatic N) is 1. The maximum Gasteiger partial charge on any atom is 0.240 e.